The molecule has 1 aromatic heterocycles. The highest BCUT2D eigenvalue weighted by Crippen LogP contribution is 2.21. The molecular formula is C10H17N3O. The van der Waals surface area contributed by atoms with E-state index in [1.165, 1.54) is 12.8 Å². The molecule has 0 saturated carbocycles. The third-order valence-corrected chi connectivity index (χ3v) is 2.66. The first-order chi connectivity index (χ1) is 6.92. The first-order valence-corrected chi connectivity index (χ1v) is 5.15. The molecule has 1 unspecified atom stereocenters. The maximum Gasteiger partial charge on any atom is 0.125 e. The lowest BCUT2D eigenvalue weighted by atomic mass is 10.2. The monoisotopic (exact) mass is 195 g/mol. The molecule has 4 heteroatoms. The molecule has 0 amide bonds. The predicted octanol–water partition coefficient (Wildman–Crippen LogP) is 0.954. The Hall–Kier alpha value is -0.870. The first kappa shape index (κ1) is 9.68. The van der Waals surface area contributed by atoms with Gasteiger partial charge in [0.2, 0.25) is 0 Å². The molecule has 2 rings (SSSR count). The van der Waals surface area contributed by atoms with Crippen molar-refractivity contribution in [2.75, 3.05) is 20.3 Å². The van der Waals surface area contributed by atoms with E-state index in [0.29, 0.717) is 6.04 Å². The number of ether oxygens (including phenoxy) is 1. The number of rotatable bonds is 4. The molecular weight excluding hydrogens is 178 g/mol. The normalized spacial score (nSPS) is 21.6. The molecule has 1 aliphatic heterocycles. The zero-order valence-corrected chi connectivity index (χ0v) is 8.57. The van der Waals surface area contributed by atoms with Gasteiger partial charge >= 0.3 is 0 Å². The minimum Gasteiger partial charge on any atom is -0.383 e. The quantitative estimate of drug-likeness (QED) is 0.777. The molecule has 1 saturated heterocycles. The van der Waals surface area contributed by atoms with Crippen LogP contribution in [-0.2, 0) is 11.3 Å². The van der Waals surface area contributed by atoms with Crippen LogP contribution in [0.2, 0.25) is 0 Å². The Morgan fingerprint density at radius 2 is 2.64 bits per heavy atom. The molecule has 2 heterocycles. The zero-order chi connectivity index (χ0) is 9.80. The van der Waals surface area contributed by atoms with E-state index in [9.17, 15) is 0 Å². The van der Waals surface area contributed by atoms with Crippen LogP contribution in [0.3, 0.4) is 0 Å². The van der Waals surface area contributed by atoms with Gasteiger partial charge in [0.1, 0.15) is 5.82 Å². The van der Waals surface area contributed by atoms with Crippen LogP contribution in [0.15, 0.2) is 12.4 Å². The predicted molar refractivity (Wildman–Crippen MR) is 54.1 cm³/mol. The van der Waals surface area contributed by atoms with Gasteiger partial charge in [0.05, 0.1) is 12.6 Å². The van der Waals surface area contributed by atoms with E-state index in [0.717, 1.165) is 25.5 Å². The van der Waals surface area contributed by atoms with Gasteiger partial charge < -0.3 is 14.6 Å². The molecule has 1 fully saturated rings. The standard InChI is InChI=1S/C10H17N3O/c1-14-8-7-13-6-5-12-10(13)9-3-2-4-11-9/h5-6,9,11H,2-4,7-8H2,1H3. The van der Waals surface area contributed by atoms with Gasteiger partial charge in [0, 0.05) is 26.0 Å². The summed E-state index contributed by atoms with van der Waals surface area (Å²) < 4.78 is 7.24. The summed E-state index contributed by atoms with van der Waals surface area (Å²) >= 11 is 0. The molecule has 4 nitrogen and oxygen atoms in total. The van der Waals surface area contributed by atoms with Gasteiger partial charge in [0.25, 0.3) is 0 Å². The summed E-state index contributed by atoms with van der Waals surface area (Å²) in [6, 6.07) is 0.446. The van der Waals surface area contributed by atoms with Crippen molar-refractivity contribution in [2.24, 2.45) is 0 Å². The van der Waals surface area contributed by atoms with Crippen molar-refractivity contribution in [2.45, 2.75) is 25.4 Å². The molecule has 0 aliphatic carbocycles. The summed E-state index contributed by atoms with van der Waals surface area (Å²) in [6.45, 7) is 2.75. The Morgan fingerprint density at radius 3 is 3.36 bits per heavy atom. The number of aromatic nitrogens is 2. The van der Waals surface area contributed by atoms with Crippen LogP contribution in [0.4, 0.5) is 0 Å². The second-order valence-corrected chi connectivity index (χ2v) is 3.62. The second kappa shape index (κ2) is 4.57. The van der Waals surface area contributed by atoms with Crippen molar-refractivity contribution < 1.29 is 4.74 Å². The smallest absolute Gasteiger partial charge is 0.125 e. The fourth-order valence-corrected chi connectivity index (χ4v) is 1.91. The summed E-state index contributed by atoms with van der Waals surface area (Å²) in [7, 11) is 1.73. The number of hydrogen-bond donors (Lipinski definition) is 1. The zero-order valence-electron chi connectivity index (χ0n) is 8.57. The summed E-state index contributed by atoms with van der Waals surface area (Å²) in [4.78, 5) is 4.40. The van der Waals surface area contributed by atoms with E-state index < -0.39 is 0 Å². The van der Waals surface area contributed by atoms with Gasteiger partial charge in [0.15, 0.2) is 0 Å². The molecule has 1 N–H and O–H groups in total. The number of methoxy groups -OCH3 is 1. The largest absolute Gasteiger partial charge is 0.383 e. The van der Waals surface area contributed by atoms with Crippen LogP contribution < -0.4 is 5.32 Å². The van der Waals surface area contributed by atoms with E-state index in [2.05, 4.69) is 14.9 Å². The molecule has 0 aromatic carbocycles. The lowest BCUT2D eigenvalue weighted by Gasteiger charge is -2.12. The van der Waals surface area contributed by atoms with Gasteiger partial charge in [-0.05, 0) is 19.4 Å². The van der Waals surface area contributed by atoms with Crippen molar-refractivity contribution >= 4 is 0 Å². The molecule has 1 aromatic rings. The maximum atomic E-state index is 5.06. The highest BCUT2D eigenvalue weighted by atomic mass is 16.5. The Kier molecular flexibility index (Phi) is 3.16. The van der Waals surface area contributed by atoms with Crippen LogP contribution in [-0.4, -0.2) is 29.8 Å². The lowest BCUT2D eigenvalue weighted by Crippen LogP contribution is -2.19. The fraction of sp³-hybridized carbons (Fsp3) is 0.700. The summed E-state index contributed by atoms with van der Waals surface area (Å²) in [6.07, 6.45) is 6.34. The van der Waals surface area contributed by atoms with Crippen molar-refractivity contribution in [3.8, 4) is 0 Å². The maximum absolute atomic E-state index is 5.06. The van der Waals surface area contributed by atoms with E-state index in [4.69, 9.17) is 4.74 Å². The molecule has 0 bridgehead atoms. The van der Waals surface area contributed by atoms with Crippen LogP contribution >= 0.6 is 0 Å². The molecule has 78 valence electrons. The van der Waals surface area contributed by atoms with Crippen molar-refractivity contribution in [3.63, 3.8) is 0 Å². The van der Waals surface area contributed by atoms with Gasteiger partial charge in [-0.1, -0.05) is 0 Å². The van der Waals surface area contributed by atoms with E-state index in [1.54, 1.807) is 7.11 Å². The number of nitrogens with one attached hydrogen (secondary N) is 1. The number of hydrogen-bond acceptors (Lipinski definition) is 3. The Morgan fingerprint density at radius 1 is 1.71 bits per heavy atom. The van der Waals surface area contributed by atoms with Crippen LogP contribution in [0, 0.1) is 0 Å². The molecule has 1 atom stereocenters. The van der Waals surface area contributed by atoms with Crippen molar-refractivity contribution in [1.29, 1.82) is 0 Å². The Balaban J connectivity index is 2.04. The van der Waals surface area contributed by atoms with E-state index in [-0.39, 0.29) is 0 Å². The summed E-state index contributed by atoms with van der Waals surface area (Å²) in [5.41, 5.74) is 0. The number of nitrogens with zero attached hydrogens (tertiary/aromatic N) is 2. The second-order valence-electron chi connectivity index (χ2n) is 3.62. The van der Waals surface area contributed by atoms with E-state index >= 15 is 0 Å². The highest BCUT2D eigenvalue weighted by Gasteiger charge is 2.20. The molecule has 0 radical (unpaired) electrons. The SMILES string of the molecule is COCCn1ccnc1C1CCCN1. The van der Waals surface area contributed by atoms with Crippen molar-refractivity contribution in [1.82, 2.24) is 14.9 Å². The third kappa shape index (κ3) is 1.96. The first-order valence-electron chi connectivity index (χ1n) is 5.15. The average Bonchev–Trinajstić information content (AvgIpc) is 2.84. The van der Waals surface area contributed by atoms with Crippen LogP contribution in [0.25, 0.3) is 0 Å². The highest BCUT2D eigenvalue weighted by molar-refractivity contribution is 5.01. The Bertz CT molecular complexity index is 279. The summed E-state index contributed by atoms with van der Waals surface area (Å²) in [5.74, 6) is 1.15. The van der Waals surface area contributed by atoms with Crippen LogP contribution in [0.1, 0.15) is 24.7 Å². The fourth-order valence-electron chi connectivity index (χ4n) is 1.91. The topological polar surface area (TPSA) is 39.1 Å². The molecule has 14 heavy (non-hydrogen) atoms. The summed E-state index contributed by atoms with van der Waals surface area (Å²) in [5, 5.41) is 3.45. The minimum absolute atomic E-state index is 0.446. The van der Waals surface area contributed by atoms with Crippen LogP contribution in [0.5, 0.6) is 0 Å². The van der Waals surface area contributed by atoms with E-state index in [1.807, 2.05) is 12.4 Å². The molecule has 1 aliphatic rings. The van der Waals surface area contributed by atoms with Gasteiger partial charge in [-0.15, -0.1) is 0 Å². The Labute approximate surface area is 84.3 Å². The lowest BCUT2D eigenvalue weighted by molar-refractivity contribution is 0.185. The van der Waals surface area contributed by atoms with Gasteiger partial charge in [-0.25, -0.2) is 4.98 Å². The number of imidazole rings is 1. The average molecular weight is 195 g/mol. The van der Waals surface area contributed by atoms with Gasteiger partial charge in [-0.2, -0.15) is 0 Å². The van der Waals surface area contributed by atoms with Crippen molar-refractivity contribution in [3.05, 3.63) is 18.2 Å². The van der Waals surface area contributed by atoms with Gasteiger partial charge in [-0.3, -0.25) is 0 Å². The molecule has 0 spiro atoms. The third-order valence-electron chi connectivity index (χ3n) is 2.66. The minimum atomic E-state index is 0.446.